The molecule has 0 aliphatic heterocycles. The van der Waals surface area contributed by atoms with Gasteiger partial charge in [-0.05, 0) is 24.3 Å². The summed E-state index contributed by atoms with van der Waals surface area (Å²) >= 11 is 0. The van der Waals surface area contributed by atoms with Crippen LogP contribution in [0.15, 0.2) is 42.7 Å². The van der Waals surface area contributed by atoms with Crippen molar-refractivity contribution in [2.75, 3.05) is 5.32 Å². The zero-order chi connectivity index (χ0) is 17.6. The summed E-state index contributed by atoms with van der Waals surface area (Å²) < 4.78 is 1.39. The van der Waals surface area contributed by atoms with Crippen LogP contribution in [0, 0.1) is 5.92 Å². The van der Waals surface area contributed by atoms with Crippen molar-refractivity contribution in [2.45, 2.75) is 38.3 Å². The standard InChI is InChI=1S/C18H23N5O2/c19-16(24)12-23-11-15(10-20-23)21-18(25)22-17(14-8-4-5-9-14)13-6-2-1-3-7-13/h1-3,6-7,10-11,14,17H,4-5,8-9,12H2,(H2,19,24)(H2,21,22,25)/t17-/m1/s1. The molecule has 0 radical (unpaired) electrons. The van der Waals surface area contributed by atoms with E-state index in [4.69, 9.17) is 5.73 Å². The highest BCUT2D eigenvalue weighted by Crippen LogP contribution is 2.35. The van der Waals surface area contributed by atoms with Gasteiger partial charge in [0.15, 0.2) is 0 Å². The molecule has 1 aliphatic rings. The molecule has 1 aliphatic carbocycles. The molecule has 1 heterocycles. The lowest BCUT2D eigenvalue weighted by atomic mass is 9.92. The van der Waals surface area contributed by atoms with E-state index >= 15 is 0 Å². The lowest BCUT2D eigenvalue weighted by molar-refractivity contribution is -0.118. The topological polar surface area (TPSA) is 102 Å². The number of carbonyl (C=O) groups excluding carboxylic acids is 2. The Kier molecular flexibility index (Phi) is 5.33. The first-order valence-corrected chi connectivity index (χ1v) is 8.55. The van der Waals surface area contributed by atoms with Crippen molar-refractivity contribution < 1.29 is 9.59 Å². The third-order valence-electron chi connectivity index (χ3n) is 4.53. The lowest BCUT2D eigenvalue weighted by Gasteiger charge is -2.25. The van der Waals surface area contributed by atoms with Gasteiger partial charge in [-0.2, -0.15) is 5.10 Å². The molecule has 3 amide bonds. The molecule has 0 spiro atoms. The number of rotatable bonds is 6. The first-order chi connectivity index (χ1) is 12.1. The number of nitrogens with zero attached hydrogens (tertiary/aromatic N) is 2. The van der Waals surface area contributed by atoms with E-state index in [1.54, 1.807) is 6.20 Å². The summed E-state index contributed by atoms with van der Waals surface area (Å²) in [5.41, 5.74) is 6.78. The summed E-state index contributed by atoms with van der Waals surface area (Å²) in [6.07, 6.45) is 7.73. The normalized spacial score (nSPS) is 15.7. The van der Waals surface area contributed by atoms with E-state index in [0.717, 1.165) is 18.4 Å². The maximum absolute atomic E-state index is 12.4. The minimum atomic E-state index is -0.482. The highest BCUT2D eigenvalue weighted by atomic mass is 16.2. The van der Waals surface area contributed by atoms with Crippen LogP contribution in [0.4, 0.5) is 10.5 Å². The monoisotopic (exact) mass is 341 g/mol. The van der Waals surface area contributed by atoms with Gasteiger partial charge in [-0.1, -0.05) is 43.2 Å². The van der Waals surface area contributed by atoms with Gasteiger partial charge in [-0.15, -0.1) is 0 Å². The quantitative estimate of drug-likeness (QED) is 0.752. The molecule has 2 aromatic rings. The summed E-state index contributed by atoms with van der Waals surface area (Å²) in [7, 11) is 0. The average molecular weight is 341 g/mol. The van der Waals surface area contributed by atoms with Gasteiger partial charge < -0.3 is 16.4 Å². The second-order valence-electron chi connectivity index (χ2n) is 6.42. The van der Waals surface area contributed by atoms with Crippen LogP contribution in [0.2, 0.25) is 0 Å². The smallest absolute Gasteiger partial charge is 0.319 e. The molecule has 0 bridgehead atoms. The van der Waals surface area contributed by atoms with E-state index in [9.17, 15) is 9.59 Å². The number of primary amides is 1. The van der Waals surface area contributed by atoms with Crippen molar-refractivity contribution in [3.8, 4) is 0 Å². The number of nitrogens with two attached hydrogens (primary N) is 1. The summed E-state index contributed by atoms with van der Waals surface area (Å²) in [6.45, 7) is -0.0159. The fraction of sp³-hybridized carbons (Fsp3) is 0.389. The molecule has 1 fully saturated rings. The molecule has 0 saturated heterocycles. The number of urea groups is 1. The van der Waals surface area contributed by atoms with E-state index in [1.165, 1.54) is 23.7 Å². The van der Waals surface area contributed by atoms with Gasteiger partial charge in [0.05, 0.1) is 17.9 Å². The predicted molar refractivity (Wildman–Crippen MR) is 94.7 cm³/mol. The van der Waals surface area contributed by atoms with E-state index in [2.05, 4.69) is 15.7 Å². The van der Waals surface area contributed by atoms with Crippen LogP contribution in [0.5, 0.6) is 0 Å². The Morgan fingerprint density at radius 1 is 1.24 bits per heavy atom. The largest absolute Gasteiger partial charge is 0.368 e. The Morgan fingerprint density at radius 3 is 2.64 bits per heavy atom. The number of benzene rings is 1. The van der Waals surface area contributed by atoms with Crippen molar-refractivity contribution in [1.82, 2.24) is 15.1 Å². The maximum atomic E-state index is 12.4. The number of anilines is 1. The second kappa shape index (κ2) is 7.83. The van der Waals surface area contributed by atoms with Gasteiger partial charge in [0, 0.05) is 6.20 Å². The van der Waals surface area contributed by atoms with Gasteiger partial charge in [-0.3, -0.25) is 9.48 Å². The highest BCUT2D eigenvalue weighted by Gasteiger charge is 2.27. The molecule has 3 rings (SSSR count). The van der Waals surface area contributed by atoms with Crippen LogP contribution in [-0.2, 0) is 11.3 Å². The molecule has 132 valence electrons. The molecule has 7 heteroatoms. The van der Waals surface area contributed by atoms with Gasteiger partial charge in [0.1, 0.15) is 6.54 Å². The second-order valence-corrected chi connectivity index (χ2v) is 6.42. The summed E-state index contributed by atoms with van der Waals surface area (Å²) in [5.74, 6) is -0.0322. The number of hydrogen-bond acceptors (Lipinski definition) is 3. The van der Waals surface area contributed by atoms with Crippen molar-refractivity contribution in [3.63, 3.8) is 0 Å². The van der Waals surface area contributed by atoms with E-state index in [0.29, 0.717) is 11.6 Å². The van der Waals surface area contributed by atoms with Crippen LogP contribution < -0.4 is 16.4 Å². The molecule has 1 aromatic heterocycles. The van der Waals surface area contributed by atoms with Gasteiger partial charge in [0.25, 0.3) is 0 Å². The van der Waals surface area contributed by atoms with Gasteiger partial charge in [0.2, 0.25) is 5.91 Å². The SMILES string of the molecule is NC(=O)Cn1cc(NC(=O)N[C@H](c2ccccc2)C2CCCC2)cn1. The number of aromatic nitrogens is 2. The van der Waals surface area contributed by atoms with Crippen molar-refractivity contribution in [1.29, 1.82) is 0 Å². The van der Waals surface area contributed by atoms with Crippen molar-refractivity contribution >= 4 is 17.6 Å². The molecule has 1 atom stereocenters. The molecule has 1 saturated carbocycles. The van der Waals surface area contributed by atoms with E-state index < -0.39 is 5.91 Å². The Labute approximate surface area is 146 Å². The van der Waals surface area contributed by atoms with Crippen LogP contribution in [0.25, 0.3) is 0 Å². The first-order valence-electron chi connectivity index (χ1n) is 8.55. The van der Waals surface area contributed by atoms with Gasteiger partial charge >= 0.3 is 6.03 Å². The minimum absolute atomic E-state index is 0.00985. The molecule has 7 nitrogen and oxygen atoms in total. The summed E-state index contributed by atoms with van der Waals surface area (Å²) in [5, 5.41) is 9.87. The fourth-order valence-electron chi connectivity index (χ4n) is 3.41. The lowest BCUT2D eigenvalue weighted by Crippen LogP contribution is -2.35. The molecular weight excluding hydrogens is 318 g/mol. The predicted octanol–water partition coefficient (Wildman–Crippen LogP) is 2.42. The van der Waals surface area contributed by atoms with E-state index in [1.807, 2.05) is 30.3 Å². The zero-order valence-corrected chi connectivity index (χ0v) is 14.0. The Balaban J connectivity index is 1.66. The first kappa shape index (κ1) is 17.0. The Morgan fingerprint density at radius 2 is 1.96 bits per heavy atom. The van der Waals surface area contributed by atoms with Crippen molar-refractivity contribution in [2.24, 2.45) is 11.7 Å². The highest BCUT2D eigenvalue weighted by molar-refractivity contribution is 5.89. The molecule has 0 unspecified atom stereocenters. The zero-order valence-electron chi connectivity index (χ0n) is 14.0. The van der Waals surface area contributed by atoms with Crippen LogP contribution in [0.3, 0.4) is 0 Å². The van der Waals surface area contributed by atoms with E-state index in [-0.39, 0.29) is 18.6 Å². The third-order valence-corrected chi connectivity index (χ3v) is 4.53. The summed E-state index contributed by atoms with van der Waals surface area (Å²) in [4.78, 5) is 23.3. The minimum Gasteiger partial charge on any atom is -0.368 e. The number of nitrogens with one attached hydrogen (secondary N) is 2. The number of carbonyl (C=O) groups is 2. The van der Waals surface area contributed by atoms with Crippen LogP contribution >= 0.6 is 0 Å². The molecule has 25 heavy (non-hydrogen) atoms. The van der Waals surface area contributed by atoms with Crippen LogP contribution in [-0.4, -0.2) is 21.7 Å². The Bertz CT molecular complexity index is 722. The average Bonchev–Trinajstić information content (AvgIpc) is 3.25. The third kappa shape index (κ3) is 4.59. The van der Waals surface area contributed by atoms with Gasteiger partial charge in [-0.25, -0.2) is 4.79 Å². The molecular formula is C18H23N5O2. The van der Waals surface area contributed by atoms with Crippen molar-refractivity contribution in [3.05, 3.63) is 48.3 Å². The molecule has 1 aromatic carbocycles. The summed E-state index contributed by atoms with van der Waals surface area (Å²) in [6, 6.07) is 9.77. The molecule has 4 N–H and O–H groups in total. The number of hydrogen-bond donors (Lipinski definition) is 3. The number of amides is 3. The Hall–Kier alpha value is -2.83. The fourth-order valence-corrected chi connectivity index (χ4v) is 3.41. The van der Waals surface area contributed by atoms with Crippen LogP contribution in [0.1, 0.15) is 37.3 Å². The maximum Gasteiger partial charge on any atom is 0.319 e.